The van der Waals surface area contributed by atoms with Gasteiger partial charge in [0, 0.05) is 25.7 Å². The van der Waals surface area contributed by atoms with Crippen LogP contribution in [0.3, 0.4) is 0 Å². The van der Waals surface area contributed by atoms with Crippen molar-refractivity contribution in [1.29, 1.82) is 0 Å². The molecular formula is C77H150O17P2. The summed E-state index contributed by atoms with van der Waals surface area (Å²) in [5, 5.41) is 10.6. The van der Waals surface area contributed by atoms with Gasteiger partial charge in [0.05, 0.1) is 26.4 Å². The van der Waals surface area contributed by atoms with Crippen LogP contribution in [0.25, 0.3) is 0 Å². The van der Waals surface area contributed by atoms with Crippen molar-refractivity contribution in [1.82, 2.24) is 0 Å². The summed E-state index contributed by atoms with van der Waals surface area (Å²) in [5.74, 6) is -1.29. The molecule has 0 aliphatic rings. The lowest BCUT2D eigenvalue weighted by Gasteiger charge is -2.21. The van der Waals surface area contributed by atoms with E-state index in [9.17, 15) is 43.2 Å². The number of phosphoric ester groups is 2. The number of carbonyl (C=O) groups is 4. The van der Waals surface area contributed by atoms with E-state index in [-0.39, 0.29) is 25.7 Å². The molecule has 0 aromatic carbocycles. The van der Waals surface area contributed by atoms with Crippen LogP contribution < -0.4 is 0 Å². The van der Waals surface area contributed by atoms with Crippen molar-refractivity contribution < 1.29 is 80.2 Å². The summed E-state index contributed by atoms with van der Waals surface area (Å²) in [4.78, 5) is 72.7. The summed E-state index contributed by atoms with van der Waals surface area (Å²) < 4.78 is 68.4. The van der Waals surface area contributed by atoms with E-state index in [1.165, 1.54) is 231 Å². The van der Waals surface area contributed by atoms with Crippen molar-refractivity contribution in [2.45, 2.75) is 425 Å². The third-order valence-corrected chi connectivity index (χ3v) is 19.9. The minimum Gasteiger partial charge on any atom is -0.462 e. The molecule has 3 N–H and O–H groups in total. The standard InChI is InChI=1S/C77H150O17P2/c1-6-9-12-15-18-21-22-23-24-27-31-34-37-42-46-51-56-61-75(80)88-67-73(94-77(82)63-58-53-48-43-38-35-32-29-26-25-28-30-33-36-41-44-49-54-59-70(4)5)69-92-96(85,86)90-65-71(78)64-89-95(83,84)91-68-72(93-76(81)62-57-52-47-40-20-17-14-11-8-3)66-87-74(79)60-55-50-45-39-19-16-13-10-7-2/h70-73,78H,6-69H2,1-5H3,(H,83,84)(H,85,86)/t71-,72+,73+/m0/s1. The van der Waals surface area contributed by atoms with E-state index >= 15 is 0 Å². The Balaban J connectivity index is 5.16. The van der Waals surface area contributed by atoms with Gasteiger partial charge in [0.15, 0.2) is 12.2 Å². The van der Waals surface area contributed by atoms with E-state index in [2.05, 4.69) is 34.6 Å². The average molecular weight is 1410 g/mol. The van der Waals surface area contributed by atoms with Crippen LogP contribution in [0.2, 0.25) is 0 Å². The summed E-state index contributed by atoms with van der Waals surface area (Å²) in [5.41, 5.74) is 0. The number of rotatable bonds is 77. The van der Waals surface area contributed by atoms with Crippen LogP contribution in [-0.2, 0) is 65.4 Å². The van der Waals surface area contributed by atoms with Crippen molar-refractivity contribution in [3.8, 4) is 0 Å². The highest BCUT2D eigenvalue weighted by molar-refractivity contribution is 7.47. The van der Waals surface area contributed by atoms with E-state index in [4.69, 9.17) is 37.0 Å². The Morgan fingerprint density at radius 3 is 0.708 bits per heavy atom. The molecule has 0 heterocycles. The molecule has 5 atom stereocenters. The number of esters is 4. The van der Waals surface area contributed by atoms with Gasteiger partial charge in [-0.1, -0.05) is 356 Å². The molecule has 0 rings (SSSR count). The van der Waals surface area contributed by atoms with Gasteiger partial charge in [-0.25, -0.2) is 9.13 Å². The molecule has 19 heteroatoms. The number of aliphatic hydroxyl groups is 1. The van der Waals surface area contributed by atoms with Gasteiger partial charge >= 0.3 is 39.5 Å². The van der Waals surface area contributed by atoms with Gasteiger partial charge in [-0.2, -0.15) is 0 Å². The van der Waals surface area contributed by atoms with Crippen molar-refractivity contribution in [3.63, 3.8) is 0 Å². The fraction of sp³-hybridized carbons (Fsp3) is 0.948. The number of carbonyl (C=O) groups excluding carboxylic acids is 4. The Hall–Kier alpha value is -1.94. The number of hydrogen-bond donors (Lipinski definition) is 3. The third kappa shape index (κ3) is 70.5. The first-order valence-corrected chi connectivity index (χ1v) is 43.1. The fourth-order valence-electron chi connectivity index (χ4n) is 11.9. The molecule has 0 aliphatic carbocycles. The Morgan fingerprint density at radius 2 is 0.479 bits per heavy atom. The highest BCUT2D eigenvalue weighted by Crippen LogP contribution is 2.45. The van der Waals surface area contributed by atoms with Crippen LogP contribution >= 0.6 is 15.6 Å². The first-order chi connectivity index (χ1) is 46.5. The zero-order valence-corrected chi connectivity index (χ0v) is 64.3. The van der Waals surface area contributed by atoms with Crippen molar-refractivity contribution >= 4 is 39.5 Å². The zero-order valence-electron chi connectivity index (χ0n) is 62.5. The SMILES string of the molecule is CCCCCCCCCCCCCCCCCCCC(=O)OC[C@H](COP(=O)(O)OC[C@@H](O)COP(=O)(O)OC[C@@H](COC(=O)CCCCCCCCCCC)OC(=O)CCCCCCCCCCC)OC(=O)CCCCCCCCCCCCCCCCCCCCC(C)C. The molecule has 0 amide bonds. The van der Waals surface area contributed by atoms with Gasteiger partial charge in [-0.15, -0.1) is 0 Å². The Morgan fingerprint density at radius 1 is 0.281 bits per heavy atom. The fourth-order valence-corrected chi connectivity index (χ4v) is 13.5. The Labute approximate surface area is 588 Å². The third-order valence-electron chi connectivity index (χ3n) is 18.0. The number of hydrogen-bond acceptors (Lipinski definition) is 15. The maximum Gasteiger partial charge on any atom is 0.472 e. The van der Waals surface area contributed by atoms with E-state index in [1.54, 1.807) is 0 Å². The predicted molar refractivity (Wildman–Crippen MR) is 391 cm³/mol. The maximum atomic E-state index is 13.1. The quantitative estimate of drug-likeness (QED) is 0.0222. The second-order valence-corrected chi connectivity index (χ2v) is 31.1. The molecule has 0 saturated heterocycles. The first kappa shape index (κ1) is 94.1. The van der Waals surface area contributed by atoms with E-state index in [0.29, 0.717) is 25.7 Å². The summed E-state index contributed by atoms with van der Waals surface area (Å²) in [6.45, 7) is 7.30. The lowest BCUT2D eigenvalue weighted by atomic mass is 10.0. The van der Waals surface area contributed by atoms with E-state index in [0.717, 1.165) is 95.8 Å². The van der Waals surface area contributed by atoms with Gasteiger partial charge in [0.2, 0.25) is 0 Å². The number of phosphoric acid groups is 2. The molecule has 96 heavy (non-hydrogen) atoms. The number of unbranched alkanes of at least 4 members (excludes halogenated alkanes) is 49. The minimum atomic E-state index is -4.96. The smallest absolute Gasteiger partial charge is 0.462 e. The van der Waals surface area contributed by atoms with Gasteiger partial charge in [0.25, 0.3) is 0 Å². The second-order valence-electron chi connectivity index (χ2n) is 28.2. The van der Waals surface area contributed by atoms with Crippen LogP contribution in [-0.4, -0.2) is 96.7 Å². The maximum absolute atomic E-state index is 13.1. The molecule has 0 aromatic heterocycles. The summed E-state index contributed by atoms with van der Waals surface area (Å²) in [6.07, 6.45) is 59.8. The Kier molecular flexibility index (Phi) is 68.7. The molecule has 0 bridgehead atoms. The normalized spacial score (nSPS) is 13.9. The van der Waals surface area contributed by atoms with E-state index < -0.39 is 97.5 Å². The van der Waals surface area contributed by atoms with Crippen molar-refractivity contribution in [2.24, 2.45) is 5.92 Å². The molecule has 0 radical (unpaired) electrons. The summed E-state index contributed by atoms with van der Waals surface area (Å²) in [6, 6.07) is 0. The summed E-state index contributed by atoms with van der Waals surface area (Å²) >= 11 is 0. The van der Waals surface area contributed by atoms with Crippen LogP contribution in [0.4, 0.5) is 0 Å². The predicted octanol–water partition coefficient (Wildman–Crippen LogP) is 22.9. The van der Waals surface area contributed by atoms with Crippen LogP contribution in [0, 0.1) is 5.92 Å². The topological polar surface area (TPSA) is 237 Å². The van der Waals surface area contributed by atoms with Crippen LogP contribution in [0.15, 0.2) is 0 Å². The van der Waals surface area contributed by atoms with Crippen molar-refractivity contribution in [2.75, 3.05) is 39.6 Å². The molecule has 2 unspecified atom stereocenters. The molecule has 0 aliphatic heterocycles. The lowest BCUT2D eigenvalue weighted by molar-refractivity contribution is -0.161. The molecular weight excluding hydrogens is 1260 g/mol. The number of aliphatic hydroxyl groups excluding tert-OH is 1. The number of ether oxygens (including phenoxy) is 4. The lowest BCUT2D eigenvalue weighted by Crippen LogP contribution is -2.30. The average Bonchev–Trinajstić information content (AvgIpc) is 1.14. The monoisotopic (exact) mass is 1410 g/mol. The molecule has 0 saturated carbocycles. The molecule has 0 spiro atoms. The minimum absolute atomic E-state index is 0.106. The van der Waals surface area contributed by atoms with Gasteiger partial charge < -0.3 is 33.8 Å². The zero-order chi connectivity index (χ0) is 70.5. The van der Waals surface area contributed by atoms with Gasteiger partial charge in [-0.3, -0.25) is 37.3 Å². The molecule has 17 nitrogen and oxygen atoms in total. The van der Waals surface area contributed by atoms with E-state index in [1.807, 2.05) is 0 Å². The summed E-state index contributed by atoms with van der Waals surface area (Å²) in [7, 11) is -9.90. The second kappa shape index (κ2) is 70.1. The van der Waals surface area contributed by atoms with Gasteiger partial charge in [0.1, 0.15) is 19.3 Å². The van der Waals surface area contributed by atoms with Crippen LogP contribution in [0.1, 0.15) is 407 Å². The molecule has 0 aromatic rings. The highest BCUT2D eigenvalue weighted by atomic mass is 31.2. The van der Waals surface area contributed by atoms with Gasteiger partial charge in [-0.05, 0) is 31.6 Å². The molecule has 570 valence electrons. The highest BCUT2D eigenvalue weighted by Gasteiger charge is 2.30. The Bertz CT molecular complexity index is 1840. The first-order valence-electron chi connectivity index (χ1n) is 40.1. The van der Waals surface area contributed by atoms with Crippen LogP contribution in [0.5, 0.6) is 0 Å². The largest absolute Gasteiger partial charge is 0.472 e. The molecule has 0 fully saturated rings. The van der Waals surface area contributed by atoms with Crippen molar-refractivity contribution in [3.05, 3.63) is 0 Å².